The zero-order valence-electron chi connectivity index (χ0n) is 22.8. The fraction of sp³-hybridized carbons (Fsp3) is 0. The van der Waals surface area contributed by atoms with E-state index in [4.69, 9.17) is 0 Å². The molecule has 0 fully saturated rings. The maximum absolute atomic E-state index is 11.0. The first kappa shape index (κ1) is 35.8. The summed E-state index contributed by atoms with van der Waals surface area (Å²) < 4.78 is 131. The Morgan fingerprint density at radius 2 is 0.681 bits per heavy atom. The van der Waals surface area contributed by atoms with E-state index in [2.05, 4.69) is 44.2 Å². The molecule has 3 aromatic heterocycles. The molecule has 2 aliphatic heterocycles. The second-order valence-corrected chi connectivity index (χ2v) is 14.8. The predicted molar refractivity (Wildman–Crippen MR) is 157 cm³/mol. The van der Waals surface area contributed by atoms with Crippen molar-refractivity contribution in [2.45, 2.75) is 19.6 Å². The number of benzene rings is 1. The third kappa shape index (κ3) is 8.47. The smallest absolute Gasteiger partial charge is 0.744 e. The molecule has 1 aromatic carbocycles. The minimum atomic E-state index is -6.12. The van der Waals surface area contributed by atoms with Crippen molar-refractivity contribution in [2.75, 3.05) is 0 Å². The Morgan fingerprint density at radius 3 is 0.894 bits per heavy atom. The van der Waals surface area contributed by atoms with Gasteiger partial charge in [-0.15, -0.1) is 0 Å². The van der Waals surface area contributed by atoms with Crippen LogP contribution in [0.5, 0.6) is 0 Å². The molecule has 6 rings (SSSR count). The number of hydrogen-bond donors (Lipinski definition) is 2. The maximum Gasteiger partial charge on any atom is 4.00 e. The van der Waals surface area contributed by atoms with Gasteiger partial charge in [-0.05, 0) is 85.0 Å². The topological polar surface area (TPSA) is 286 Å². The third-order valence-electron chi connectivity index (χ3n) is 6.12. The van der Waals surface area contributed by atoms with Gasteiger partial charge in [-0.3, -0.25) is 0 Å². The molecule has 0 aliphatic carbocycles. The van der Waals surface area contributed by atoms with E-state index in [9.17, 15) is 51.9 Å². The average molecular weight is 768 g/mol. The fourth-order valence-corrected chi connectivity index (χ4v) is 8.73. The van der Waals surface area contributed by atoms with Crippen LogP contribution in [0, 0.1) is 0 Å². The summed E-state index contributed by atoms with van der Waals surface area (Å²) >= 11 is 0. The van der Waals surface area contributed by atoms with Gasteiger partial charge in [0.2, 0.25) is 0 Å². The molecule has 2 aliphatic rings. The molecule has 0 atom stereocenters. The third-order valence-corrected chi connectivity index (χ3v) is 10.1. The van der Waals surface area contributed by atoms with E-state index >= 15 is 0 Å². The molecule has 0 unspecified atom stereocenters. The van der Waals surface area contributed by atoms with Crippen molar-refractivity contribution in [3.8, 4) is 0 Å². The Labute approximate surface area is 277 Å². The SMILES string of the molecule is C1=Cc2cc3ccc(cc4nc(cc5ccc(cc1n2)[nH]5)C=C4)[nH]3.O=S(=O)([O-])c1ccc(S(=O)(=O)[O-])c(S(=O)(=O)[O-])c1S(=O)(=O)[O-].[Cu+4]. The van der Waals surface area contributed by atoms with Crippen LogP contribution in [0.4, 0.5) is 0 Å². The van der Waals surface area contributed by atoms with E-state index in [-0.39, 0.29) is 29.2 Å². The molecule has 4 aromatic rings. The molecule has 16 nitrogen and oxygen atoms in total. The van der Waals surface area contributed by atoms with Crippen molar-refractivity contribution in [3.63, 3.8) is 0 Å². The summed E-state index contributed by atoms with van der Waals surface area (Å²) in [4.78, 5) is 7.27. The van der Waals surface area contributed by atoms with Gasteiger partial charge in [0, 0.05) is 22.1 Å². The number of H-pyrrole nitrogens is 2. The number of fused-ring (bicyclic) bond motifs is 8. The zero-order valence-corrected chi connectivity index (χ0v) is 27.0. The molecule has 0 amide bonds. The molecular weight excluding hydrogens is 752 g/mol. The molecule has 247 valence electrons. The van der Waals surface area contributed by atoms with Gasteiger partial charge in [-0.25, -0.2) is 43.6 Å². The van der Waals surface area contributed by atoms with Crippen LogP contribution in [0.25, 0.3) is 46.4 Å². The Kier molecular flexibility index (Phi) is 9.82. The van der Waals surface area contributed by atoms with Gasteiger partial charge in [-0.1, -0.05) is 0 Å². The molecule has 0 spiro atoms. The van der Waals surface area contributed by atoms with Crippen LogP contribution in [-0.4, -0.2) is 71.8 Å². The van der Waals surface area contributed by atoms with Crippen LogP contribution >= 0.6 is 0 Å². The number of hydrogen-bond acceptors (Lipinski definition) is 14. The number of aromatic nitrogens is 4. The Balaban J connectivity index is 0.000000210. The van der Waals surface area contributed by atoms with Crippen LogP contribution in [0.15, 0.2) is 80.2 Å². The van der Waals surface area contributed by atoms with Crippen LogP contribution in [0.2, 0.25) is 0 Å². The van der Waals surface area contributed by atoms with Crippen molar-refractivity contribution in [1.82, 2.24) is 19.9 Å². The molecule has 8 bridgehead atoms. The molecule has 21 heteroatoms. The quantitative estimate of drug-likeness (QED) is 0.192. The van der Waals surface area contributed by atoms with Crippen molar-refractivity contribution in [3.05, 3.63) is 83.4 Å². The van der Waals surface area contributed by atoms with E-state index in [0.717, 1.165) is 44.8 Å². The standard InChI is InChI=1S/C20H14N4.C6H6O12S4.Cu/c1-2-14-10-16-5-6-18(23-16)12-20-8-7-19(24-20)11-17-4-3-15(22-17)9-13(1)21-14;7-19(8,9)3-1-2-4(20(10,11)12)6(22(16,17)18)5(3)21(13,14)15;/h1-12,21,24H;1-2H,(H,7,8,9)(H,10,11,12)(H,13,14,15)(H,16,17,18);/q;;+4/p-4. The second-order valence-electron chi connectivity index (χ2n) is 9.44. The number of aromatic amines is 2. The monoisotopic (exact) mass is 767 g/mol. The van der Waals surface area contributed by atoms with Crippen LogP contribution in [0.1, 0.15) is 22.8 Å². The summed E-state index contributed by atoms with van der Waals surface area (Å²) in [6, 6.07) is 16.2. The summed E-state index contributed by atoms with van der Waals surface area (Å²) in [7, 11) is -23.8. The van der Waals surface area contributed by atoms with E-state index in [1.807, 2.05) is 48.6 Å². The Bertz CT molecular complexity index is 2330. The summed E-state index contributed by atoms with van der Waals surface area (Å²) in [5.74, 6) is 0. The first-order valence-corrected chi connectivity index (χ1v) is 18.0. The second kappa shape index (κ2) is 12.9. The van der Waals surface area contributed by atoms with Gasteiger partial charge in [0.05, 0.1) is 42.4 Å². The van der Waals surface area contributed by atoms with Gasteiger partial charge in [-0.2, -0.15) is 0 Å². The van der Waals surface area contributed by atoms with Crippen molar-refractivity contribution >= 4 is 86.8 Å². The zero-order chi connectivity index (χ0) is 33.7. The molecule has 0 saturated carbocycles. The number of rotatable bonds is 4. The van der Waals surface area contributed by atoms with Gasteiger partial charge >= 0.3 is 17.1 Å². The number of nitrogens with zero attached hydrogens (tertiary/aromatic N) is 2. The first-order valence-electron chi connectivity index (χ1n) is 12.3. The Hall–Kier alpha value is -4.02. The van der Waals surface area contributed by atoms with E-state index < -0.39 is 60.1 Å². The molecule has 2 N–H and O–H groups in total. The summed E-state index contributed by atoms with van der Waals surface area (Å²) in [6.07, 6.45) is 8.09. The molecule has 1 radical (unpaired) electrons. The molecule has 47 heavy (non-hydrogen) atoms. The predicted octanol–water partition coefficient (Wildman–Crippen LogP) is 1.96. The molecular formula is C26H16CuN4O12S4. The molecule has 0 saturated heterocycles. The van der Waals surface area contributed by atoms with Gasteiger partial charge in [0.25, 0.3) is 0 Å². The average Bonchev–Trinajstić information content (AvgIpc) is 3.73. The summed E-state index contributed by atoms with van der Waals surface area (Å²) in [6.45, 7) is 0. The summed E-state index contributed by atoms with van der Waals surface area (Å²) in [5.41, 5.74) is 7.86. The Morgan fingerprint density at radius 1 is 0.426 bits per heavy atom. The normalized spacial score (nSPS) is 13.0. The van der Waals surface area contributed by atoms with Gasteiger partial charge in [0.1, 0.15) is 40.5 Å². The van der Waals surface area contributed by atoms with Crippen LogP contribution in [-0.2, 0) is 57.5 Å². The van der Waals surface area contributed by atoms with Gasteiger partial charge < -0.3 is 28.2 Å². The minimum absolute atomic E-state index is 0. The minimum Gasteiger partial charge on any atom is -0.744 e. The van der Waals surface area contributed by atoms with Crippen LogP contribution < -0.4 is 0 Å². The first-order chi connectivity index (χ1) is 21.3. The summed E-state index contributed by atoms with van der Waals surface area (Å²) in [5, 5.41) is 0. The number of nitrogens with one attached hydrogen (secondary N) is 2. The van der Waals surface area contributed by atoms with E-state index in [1.54, 1.807) is 0 Å². The molecule has 5 heterocycles. The van der Waals surface area contributed by atoms with Crippen molar-refractivity contribution in [1.29, 1.82) is 0 Å². The van der Waals surface area contributed by atoms with Crippen molar-refractivity contribution < 1.29 is 69.0 Å². The van der Waals surface area contributed by atoms with Gasteiger partial charge in [0.15, 0.2) is 0 Å². The fourth-order valence-electron chi connectivity index (χ4n) is 4.34. The van der Waals surface area contributed by atoms with Crippen molar-refractivity contribution in [2.24, 2.45) is 0 Å². The van der Waals surface area contributed by atoms with E-state index in [0.29, 0.717) is 0 Å². The van der Waals surface area contributed by atoms with Crippen LogP contribution in [0.3, 0.4) is 0 Å². The maximum atomic E-state index is 11.0. The largest absolute Gasteiger partial charge is 4.00 e. The van der Waals surface area contributed by atoms with E-state index in [1.165, 1.54) is 0 Å².